The summed E-state index contributed by atoms with van der Waals surface area (Å²) in [6.07, 6.45) is 8.02. The Morgan fingerprint density at radius 1 is 1.30 bits per heavy atom. The van der Waals surface area contributed by atoms with Gasteiger partial charge in [0.1, 0.15) is 11.7 Å². The van der Waals surface area contributed by atoms with E-state index in [4.69, 9.17) is 4.74 Å². The summed E-state index contributed by atoms with van der Waals surface area (Å²) in [5.41, 5.74) is 3.58. The number of ether oxygens (including phenoxy) is 1. The minimum Gasteiger partial charge on any atom is -0.478 e. The molecule has 1 aliphatic heterocycles. The first kappa shape index (κ1) is 26.8. The number of aliphatic hydroxyl groups is 1. The lowest BCUT2D eigenvalue weighted by molar-refractivity contribution is 0.0325. The lowest BCUT2D eigenvalue weighted by atomic mass is 9.93. The first-order valence-electron chi connectivity index (χ1n) is 13.1. The Labute approximate surface area is 218 Å². The van der Waals surface area contributed by atoms with E-state index >= 15 is 0 Å². The molecule has 1 amide bonds. The molecule has 4 rings (SSSR count). The Bertz CT molecular complexity index is 1160. The van der Waals surface area contributed by atoms with Crippen molar-refractivity contribution in [3.05, 3.63) is 64.9 Å². The molecule has 0 saturated heterocycles. The highest BCUT2D eigenvalue weighted by Crippen LogP contribution is 2.32. The number of carbonyl (C=O) groups is 2. The number of carboxylic acid groups (broad SMARTS) is 1. The van der Waals surface area contributed by atoms with Crippen LogP contribution in [0.5, 0.6) is 5.88 Å². The van der Waals surface area contributed by atoms with Gasteiger partial charge < -0.3 is 19.8 Å². The van der Waals surface area contributed by atoms with Gasteiger partial charge >= 0.3 is 5.97 Å². The second kappa shape index (κ2) is 11.9. The largest absolute Gasteiger partial charge is 0.478 e. The van der Waals surface area contributed by atoms with Crippen LogP contribution in [-0.2, 0) is 6.54 Å². The van der Waals surface area contributed by atoms with Gasteiger partial charge in [0.05, 0.1) is 18.2 Å². The predicted molar refractivity (Wildman–Crippen MR) is 142 cm³/mol. The van der Waals surface area contributed by atoms with Gasteiger partial charge in [-0.05, 0) is 68.5 Å². The Hall–Kier alpha value is -3.23. The highest BCUT2D eigenvalue weighted by Gasteiger charge is 2.34. The number of likely N-dealkylation sites (N-methyl/N-ethyl adjacent to an activating group) is 1. The standard InChI is InChI=1S/C29H37N3O5/c1-19-15-32(20(2)18-33)28(34)25-13-23(21-9-5-4-6-10-21)14-30-27(25)37-26(19)17-31(3)16-22-11-7-8-12-24(22)29(35)36/h7-9,11-14,19-20,26,33H,4-6,10,15-18H2,1-3H3,(H,35,36)/t19-,20-,26+/m1/s1. The van der Waals surface area contributed by atoms with Crippen LogP contribution in [0.1, 0.15) is 71.4 Å². The number of carboxylic acids is 1. The van der Waals surface area contributed by atoms with Crippen LogP contribution in [0, 0.1) is 5.92 Å². The zero-order chi connectivity index (χ0) is 26.5. The lowest BCUT2D eigenvalue weighted by Gasteiger charge is -2.38. The van der Waals surface area contributed by atoms with Gasteiger partial charge in [-0.3, -0.25) is 9.69 Å². The summed E-state index contributed by atoms with van der Waals surface area (Å²) in [5.74, 6) is -0.882. The number of pyridine rings is 1. The fourth-order valence-electron chi connectivity index (χ4n) is 5.13. The van der Waals surface area contributed by atoms with Crippen molar-refractivity contribution in [2.45, 2.75) is 58.2 Å². The lowest BCUT2D eigenvalue weighted by Crippen LogP contribution is -2.50. The van der Waals surface area contributed by atoms with Gasteiger partial charge in [0.15, 0.2) is 0 Å². The van der Waals surface area contributed by atoms with Gasteiger partial charge in [-0.2, -0.15) is 0 Å². The van der Waals surface area contributed by atoms with Gasteiger partial charge in [0.25, 0.3) is 5.91 Å². The molecule has 0 bridgehead atoms. The van der Waals surface area contributed by atoms with Crippen molar-refractivity contribution in [2.75, 3.05) is 26.7 Å². The molecule has 8 nitrogen and oxygen atoms in total. The Kier molecular flexibility index (Phi) is 8.61. The molecular weight excluding hydrogens is 470 g/mol. The summed E-state index contributed by atoms with van der Waals surface area (Å²) in [6, 6.07) is 8.53. The van der Waals surface area contributed by atoms with Crippen LogP contribution < -0.4 is 4.74 Å². The number of amides is 1. The van der Waals surface area contributed by atoms with Crippen molar-refractivity contribution < 1.29 is 24.5 Å². The van der Waals surface area contributed by atoms with Crippen LogP contribution in [0.3, 0.4) is 0 Å². The first-order valence-corrected chi connectivity index (χ1v) is 13.1. The van der Waals surface area contributed by atoms with Gasteiger partial charge in [0, 0.05) is 31.7 Å². The van der Waals surface area contributed by atoms with E-state index in [1.807, 2.05) is 44.0 Å². The maximum Gasteiger partial charge on any atom is 0.336 e. The van der Waals surface area contributed by atoms with E-state index in [9.17, 15) is 19.8 Å². The number of aliphatic hydroxyl groups excluding tert-OH is 1. The molecule has 0 radical (unpaired) electrons. The Morgan fingerprint density at radius 3 is 2.78 bits per heavy atom. The Balaban J connectivity index is 1.63. The van der Waals surface area contributed by atoms with Gasteiger partial charge in [-0.25, -0.2) is 9.78 Å². The molecule has 8 heteroatoms. The average molecular weight is 508 g/mol. The monoisotopic (exact) mass is 507 g/mol. The van der Waals surface area contributed by atoms with Crippen molar-refractivity contribution in [1.82, 2.24) is 14.8 Å². The number of carbonyl (C=O) groups excluding carboxylic acids is 1. The minimum atomic E-state index is -0.950. The van der Waals surface area contributed by atoms with Gasteiger partial charge in [-0.15, -0.1) is 0 Å². The van der Waals surface area contributed by atoms with Gasteiger partial charge in [-0.1, -0.05) is 31.2 Å². The number of nitrogens with zero attached hydrogens (tertiary/aromatic N) is 3. The number of hydrogen-bond acceptors (Lipinski definition) is 6. The van der Waals surface area contributed by atoms with Crippen molar-refractivity contribution in [2.24, 2.45) is 5.92 Å². The molecule has 3 atom stereocenters. The third kappa shape index (κ3) is 6.19. The van der Waals surface area contributed by atoms with E-state index in [1.165, 1.54) is 12.0 Å². The molecule has 2 aliphatic rings. The van der Waals surface area contributed by atoms with Crippen LogP contribution in [0.4, 0.5) is 0 Å². The quantitative estimate of drug-likeness (QED) is 0.555. The van der Waals surface area contributed by atoms with E-state index in [0.717, 1.165) is 30.4 Å². The number of aromatic carboxylic acids is 1. The third-order valence-corrected chi connectivity index (χ3v) is 7.36. The summed E-state index contributed by atoms with van der Waals surface area (Å²) < 4.78 is 6.41. The smallest absolute Gasteiger partial charge is 0.336 e. The molecule has 2 heterocycles. The predicted octanol–water partition coefficient (Wildman–Crippen LogP) is 4.09. The number of aromatic nitrogens is 1. The van der Waals surface area contributed by atoms with Crippen LogP contribution >= 0.6 is 0 Å². The molecule has 0 spiro atoms. The van der Waals surface area contributed by atoms with E-state index in [0.29, 0.717) is 31.1 Å². The van der Waals surface area contributed by atoms with Crippen molar-refractivity contribution >= 4 is 17.4 Å². The SMILES string of the molecule is C[C@@H]1CN([C@H](C)CO)C(=O)c2cc(C3=CCCCC3)cnc2O[C@H]1CN(C)Cc1ccccc1C(=O)O. The molecule has 1 aromatic carbocycles. The van der Waals surface area contributed by atoms with Crippen molar-refractivity contribution in [1.29, 1.82) is 0 Å². The molecule has 0 unspecified atom stereocenters. The molecular formula is C29H37N3O5. The second-order valence-corrected chi connectivity index (χ2v) is 10.3. The summed E-state index contributed by atoms with van der Waals surface area (Å²) in [4.78, 5) is 33.7. The summed E-state index contributed by atoms with van der Waals surface area (Å²) in [7, 11) is 1.93. The molecule has 198 valence electrons. The summed E-state index contributed by atoms with van der Waals surface area (Å²) in [6.45, 7) is 5.12. The van der Waals surface area contributed by atoms with Gasteiger partial charge in [0.2, 0.25) is 5.88 Å². The molecule has 0 saturated carbocycles. The maximum atomic E-state index is 13.7. The van der Waals surface area contributed by atoms with E-state index in [1.54, 1.807) is 23.2 Å². The topological polar surface area (TPSA) is 103 Å². The van der Waals surface area contributed by atoms with Crippen molar-refractivity contribution in [3.8, 4) is 5.88 Å². The van der Waals surface area contributed by atoms with E-state index in [2.05, 4.69) is 11.1 Å². The molecule has 0 fully saturated rings. The highest BCUT2D eigenvalue weighted by atomic mass is 16.5. The number of hydrogen-bond donors (Lipinski definition) is 2. The summed E-state index contributed by atoms with van der Waals surface area (Å²) in [5, 5.41) is 19.5. The number of allylic oxidation sites excluding steroid dienone is 2. The fraction of sp³-hybridized carbons (Fsp3) is 0.483. The number of benzene rings is 1. The molecule has 2 N–H and O–H groups in total. The molecule has 37 heavy (non-hydrogen) atoms. The molecule has 1 aromatic heterocycles. The zero-order valence-corrected chi connectivity index (χ0v) is 21.9. The first-order chi connectivity index (χ1) is 17.8. The van der Waals surface area contributed by atoms with E-state index < -0.39 is 5.97 Å². The average Bonchev–Trinajstić information content (AvgIpc) is 2.90. The number of fused-ring (bicyclic) bond motifs is 1. The minimum absolute atomic E-state index is 0.0502. The third-order valence-electron chi connectivity index (χ3n) is 7.36. The fourth-order valence-corrected chi connectivity index (χ4v) is 5.13. The second-order valence-electron chi connectivity index (χ2n) is 10.3. The molecule has 1 aliphatic carbocycles. The van der Waals surface area contributed by atoms with Crippen LogP contribution in [0.2, 0.25) is 0 Å². The normalized spacial score (nSPS) is 20.9. The number of rotatable bonds is 8. The van der Waals surface area contributed by atoms with Crippen LogP contribution in [0.15, 0.2) is 42.6 Å². The van der Waals surface area contributed by atoms with Crippen molar-refractivity contribution in [3.63, 3.8) is 0 Å². The van der Waals surface area contributed by atoms with E-state index in [-0.39, 0.29) is 36.1 Å². The van der Waals surface area contributed by atoms with Crippen LogP contribution in [0.25, 0.3) is 5.57 Å². The Morgan fingerprint density at radius 2 is 2.08 bits per heavy atom. The maximum absolute atomic E-state index is 13.7. The molecule has 2 aromatic rings. The summed E-state index contributed by atoms with van der Waals surface area (Å²) >= 11 is 0. The van der Waals surface area contributed by atoms with Crippen LogP contribution in [-0.4, -0.2) is 75.8 Å². The zero-order valence-electron chi connectivity index (χ0n) is 21.9. The highest BCUT2D eigenvalue weighted by molar-refractivity contribution is 5.97.